The Kier molecular flexibility index (Phi) is 6.47. The summed E-state index contributed by atoms with van der Waals surface area (Å²) in [7, 11) is 0. The van der Waals surface area contributed by atoms with Gasteiger partial charge in [0.25, 0.3) is 0 Å². The topological polar surface area (TPSA) is 105 Å². The zero-order valence-corrected chi connectivity index (χ0v) is 19.7. The highest BCUT2D eigenvalue weighted by Gasteiger charge is 2.45. The number of carboxylic acids is 1. The summed E-state index contributed by atoms with van der Waals surface area (Å²) < 4.78 is 11.2. The first kappa shape index (κ1) is 23.4. The van der Waals surface area contributed by atoms with E-state index in [4.69, 9.17) is 9.47 Å². The van der Waals surface area contributed by atoms with E-state index in [1.54, 1.807) is 4.90 Å². The first-order valence-corrected chi connectivity index (χ1v) is 12.2. The lowest BCUT2D eigenvalue weighted by Gasteiger charge is -2.29. The van der Waals surface area contributed by atoms with E-state index in [-0.39, 0.29) is 37.7 Å². The predicted octanol–water partition coefficient (Wildman–Crippen LogP) is 3.25. The molecule has 3 aliphatic rings. The van der Waals surface area contributed by atoms with Gasteiger partial charge in [-0.25, -0.2) is 4.79 Å². The van der Waals surface area contributed by atoms with Gasteiger partial charge in [-0.05, 0) is 35.1 Å². The number of likely N-dealkylation sites (tertiary alicyclic amines) is 1. The Hall–Kier alpha value is -3.39. The standard InChI is InChI=1S/C27H30N2O6/c1-2-24-20(26(31)32)11-12-29(24)25(30)22-13-34-15-23(22)28-27(33)35-14-21-18-9-5-3-7-16(18)17-8-4-6-10-19(17)21/h3-10,20-24H,2,11-15H2,1H3,(H,28,33)(H,31,32). The summed E-state index contributed by atoms with van der Waals surface area (Å²) in [6.07, 6.45) is 0.426. The highest BCUT2D eigenvalue weighted by Crippen LogP contribution is 2.44. The molecule has 35 heavy (non-hydrogen) atoms. The van der Waals surface area contributed by atoms with Crippen molar-refractivity contribution in [3.8, 4) is 11.1 Å². The van der Waals surface area contributed by atoms with Gasteiger partial charge in [0.05, 0.1) is 31.1 Å². The molecular formula is C27H30N2O6. The first-order valence-electron chi connectivity index (χ1n) is 12.2. The number of ether oxygens (including phenoxy) is 2. The van der Waals surface area contributed by atoms with Gasteiger partial charge in [-0.15, -0.1) is 0 Å². The third-order valence-electron chi connectivity index (χ3n) is 7.61. The zero-order valence-electron chi connectivity index (χ0n) is 19.7. The molecule has 8 nitrogen and oxygen atoms in total. The Morgan fingerprint density at radius 1 is 1.03 bits per heavy atom. The molecule has 2 amide bonds. The number of aliphatic carboxylic acids is 1. The number of fused-ring (bicyclic) bond motifs is 3. The molecule has 0 aromatic heterocycles. The van der Waals surface area contributed by atoms with Crippen LogP contribution in [0.25, 0.3) is 11.1 Å². The molecule has 0 saturated carbocycles. The smallest absolute Gasteiger partial charge is 0.407 e. The predicted molar refractivity (Wildman–Crippen MR) is 128 cm³/mol. The molecule has 8 heteroatoms. The average Bonchev–Trinajstić information content (AvgIpc) is 3.58. The summed E-state index contributed by atoms with van der Waals surface area (Å²) in [6, 6.07) is 15.4. The largest absolute Gasteiger partial charge is 0.481 e. The van der Waals surface area contributed by atoms with Crippen molar-refractivity contribution in [2.24, 2.45) is 11.8 Å². The van der Waals surface area contributed by atoms with E-state index in [9.17, 15) is 19.5 Å². The summed E-state index contributed by atoms with van der Waals surface area (Å²) >= 11 is 0. The van der Waals surface area contributed by atoms with Crippen LogP contribution in [-0.2, 0) is 19.1 Å². The Labute approximate surface area is 204 Å². The Morgan fingerprint density at radius 3 is 2.31 bits per heavy atom. The van der Waals surface area contributed by atoms with Crippen molar-refractivity contribution in [1.82, 2.24) is 10.2 Å². The molecular weight excluding hydrogens is 448 g/mol. The number of nitrogens with one attached hydrogen (secondary N) is 1. The number of rotatable bonds is 6. The van der Waals surface area contributed by atoms with Gasteiger partial charge >= 0.3 is 12.1 Å². The normalized spacial score (nSPS) is 25.2. The van der Waals surface area contributed by atoms with Crippen LogP contribution in [0.1, 0.15) is 36.8 Å². The van der Waals surface area contributed by atoms with E-state index < -0.39 is 29.9 Å². The fourth-order valence-electron chi connectivity index (χ4n) is 5.86. The third-order valence-corrected chi connectivity index (χ3v) is 7.61. The van der Waals surface area contributed by atoms with Crippen LogP contribution >= 0.6 is 0 Å². The van der Waals surface area contributed by atoms with E-state index in [0.717, 1.165) is 22.3 Å². The second-order valence-corrected chi connectivity index (χ2v) is 9.46. The lowest BCUT2D eigenvalue weighted by molar-refractivity contribution is -0.144. The Bertz CT molecular complexity index is 1090. The minimum atomic E-state index is -0.872. The van der Waals surface area contributed by atoms with Crippen molar-refractivity contribution in [1.29, 1.82) is 0 Å². The molecule has 0 radical (unpaired) electrons. The SMILES string of the molecule is CCC1C(C(=O)O)CCN1C(=O)C1COCC1NC(=O)OCC1c2ccccc2-c2ccccc21. The highest BCUT2D eigenvalue weighted by atomic mass is 16.5. The Morgan fingerprint density at radius 2 is 1.69 bits per heavy atom. The van der Waals surface area contributed by atoms with Crippen molar-refractivity contribution in [3.05, 3.63) is 59.7 Å². The molecule has 5 rings (SSSR count). The highest BCUT2D eigenvalue weighted by molar-refractivity contribution is 5.83. The second-order valence-electron chi connectivity index (χ2n) is 9.46. The summed E-state index contributed by atoms with van der Waals surface area (Å²) in [4.78, 5) is 39.2. The second kappa shape index (κ2) is 9.70. The number of hydrogen-bond donors (Lipinski definition) is 2. The molecule has 2 saturated heterocycles. The summed E-state index contributed by atoms with van der Waals surface area (Å²) in [5, 5.41) is 12.3. The summed E-state index contributed by atoms with van der Waals surface area (Å²) in [6.45, 7) is 2.90. The van der Waals surface area contributed by atoms with Crippen LogP contribution in [0, 0.1) is 11.8 Å². The summed E-state index contributed by atoms with van der Waals surface area (Å²) in [5.74, 6) is -2.20. The van der Waals surface area contributed by atoms with Crippen LogP contribution in [0.3, 0.4) is 0 Å². The number of nitrogens with zero attached hydrogens (tertiary/aromatic N) is 1. The number of hydrogen-bond acceptors (Lipinski definition) is 5. The molecule has 0 bridgehead atoms. The van der Waals surface area contributed by atoms with E-state index in [1.165, 1.54) is 0 Å². The van der Waals surface area contributed by atoms with Gasteiger partial charge in [0.2, 0.25) is 5.91 Å². The molecule has 4 unspecified atom stereocenters. The third kappa shape index (κ3) is 4.27. The van der Waals surface area contributed by atoms with Crippen LogP contribution in [0.2, 0.25) is 0 Å². The minimum absolute atomic E-state index is 0.0479. The molecule has 2 aromatic carbocycles. The maximum absolute atomic E-state index is 13.3. The number of carbonyl (C=O) groups excluding carboxylic acids is 2. The first-order chi connectivity index (χ1) is 17.0. The number of carboxylic acid groups (broad SMARTS) is 1. The van der Waals surface area contributed by atoms with Crippen LogP contribution < -0.4 is 5.32 Å². The van der Waals surface area contributed by atoms with E-state index in [1.807, 2.05) is 31.2 Å². The quantitative estimate of drug-likeness (QED) is 0.660. The van der Waals surface area contributed by atoms with Gasteiger partial charge in [-0.1, -0.05) is 55.5 Å². The average molecular weight is 479 g/mol. The van der Waals surface area contributed by atoms with Gasteiger partial charge < -0.3 is 24.8 Å². The monoisotopic (exact) mass is 478 g/mol. The van der Waals surface area contributed by atoms with Gasteiger partial charge in [0.15, 0.2) is 0 Å². The number of alkyl carbamates (subject to hydrolysis) is 1. The van der Waals surface area contributed by atoms with Crippen molar-refractivity contribution >= 4 is 18.0 Å². The minimum Gasteiger partial charge on any atom is -0.481 e. The lowest BCUT2D eigenvalue weighted by atomic mass is 9.97. The summed E-state index contributed by atoms with van der Waals surface area (Å²) in [5.41, 5.74) is 4.57. The van der Waals surface area contributed by atoms with Gasteiger partial charge in [-0.3, -0.25) is 9.59 Å². The van der Waals surface area contributed by atoms with E-state index in [2.05, 4.69) is 29.6 Å². The molecule has 2 N–H and O–H groups in total. The molecule has 2 fully saturated rings. The van der Waals surface area contributed by atoms with E-state index in [0.29, 0.717) is 19.4 Å². The van der Waals surface area contributed by atoms with Crippen LogP contribution in [0.5, 0.6) is 0 Å². The molecule has 184 valence electrons. The van der Waals surface area contributed by atoms with Gasteiger partial charge in [0, 0.05) is 18.5 Å². The molecule has 0 spiro atoms. The molecule has 2 aromatic rings. The van der Waals surface area contributed by atoms with Crippen LogP contribution in [0.15, 0.2) is 48.5 Å². The fraction of sp³-hybridized carbons (Fsp3) is 0.444. The molecule has 4 atom stereocenters. The van der Waals surface area contributed by atoms with Gasteiger partial charge in [0.1, 0.15) is 6.61 Å². The number of amides is 2. The fourth-order valence-corrected chi connectivity index (χ4v) is 5.86. The van der Waals surface area contributed by atoms with Crippen molar-refractivity contribution in [2.45, 2.75) is 37.8 Å². The van der Waals surface area contributed by atoms with Crippen LogP contribution in [0.4, 0.5) is 4.79 Å². The molecule has 1 aliphatic carbocycles. The van der Waals surface area contributed by atoms with E-state index >= 15 is 0 Å². The molecule has 2 aliphatic heterocycles. The maximum Gasteiger partial charge on any atom is 0.407 e. The van der Waals surface area contributed by atoms with Crippen molar-refractivity contribution < 1.29 is 29.0 Å². The Balaban J connectivity index is 1.22. The van der Waals surface area contributed by atoms with Gasteiger partial charge in [-0.2, -0.15) is 0 Å². The van der Waals surface area contributed by atoms with Crippen LogP contribution in [-0.4, -0.2) is 66.4 Å². The molecule has 2 heterocycles. The van der Waals surface area contributed by atoms with Crippen molar-refractivity contribution in [2.75, 3.05) is 26.4 Å². The lowest BCUT2D eigenvalue weighted by Crippen LogP contribution is -2.49. The van der Waals surface area contributed by atoms with Crippen molar-refractivity contribution in [3.63, 3.8) is 0 Å². The number of benzene rings is 2. The number of carbonyl (C=O) groups is 3. The maximum atomic E-state index is 13.3. The zero-order chi connectivity index (χ0) is 24.5.